The third-order valence-electron chi connectivity index (χ3n) is 4.90. The first-order valence-corrected chi connectivity index (χ1v) is 7.78. The van der Waals surface area contributed by atoms with E-state index in [1.54, 1.807) is 0 Å². The molecule has 0 aromatic carbocycles. The molecule has 1 N–H and O–H groups in total. The fraction of sp³-hybridized carbons (Fsp3) is 0.867. The van der Waals surface area contributed by atoms with E-state index in [-0.39, 0.29) is 11.8 Å². The smallest absolute Gasteiger partial charge is 0.307 e. The van der Waals surface area contributed by atoms with Gasteiger partial charge in [0, 0.05) is 25.1 Å². The summed E-state index contributed by atoms with van der Waals surface area (Å²) in [5, 5.41) is 9.26. The van der Waals surface area contributed by atoms with E-state index < -0.39 is 11.9 Å². The molecule has 2 aliphatic carbocycles. The average Bonchev–Trinajstić information content (AvgIpc) is 2.95. The molecule has 5 heteroatoms. The molecule has 1 heterocycles. The average molecular weight is 281 g/mol. The number of rotatable bonds is 5. The van der Waals surface area contributed by atoms with Gasteiger partial charge in [0.05, 0.1) is 18.4 Å². The lowest BCUT2D eigenvalue weighted by atomic mass is 9.94. The SMILES string of the molecule is O=C(O)[C@H]1CCC[C@H]1C(=O)N(CC1CCOC1)C1CC1. The van der Waals surface area contributed by atoms with Gasteiger partial charge < -0.3 is 14.7 Å². The number of aliphatic carboxylic acids is 1. The summed E-state index contributed by atoms with van der Waals surface area (Å²) in [6.07, 6.45) is 5.41. The van der Waals surface area contributed by atoms with Crippen molar-refractivity contribution in [1.29, 1.82) is 0 Å². The molecular weight excluding hydrogens is 258 g/mol. The number of amides is 1. The van der Waals surface area contributed by atoms with E-state index in [1.165, 1.54) is 0 Å². The number of nitrogens with zero attached hydrogens (tertiary/aromatic N) is 1. The molecule has 3 aliphatic rings. The summed E-state index contributed by atoms with van der Waals surface area (Å²) < 4.78 is 5.39. The maximum atomic E-state index is 12.8. The minimum Gasteiger partial charge on any atom is -0.481 e. The van der Waals surface area contributed by atoms with Crippen LogP contribution in [0, 0.1) is 17.8 Å². The molecule has 1 amide bonds. The molecular formula is C15H23NO4. The van der Waals surface area contributed by atoms with Gasteiger partial charge in [-0.3, -0.25) is 9.59 Å². The Morgan fingerprint density at radius 3 is 2.45 bits per heavy atom. The largest absolute Gasteiger partial charge is 0.481 e. The summed E-state index contributed by atoms with van der Waals surface area (Å²) in [6, 6.07) is 0.359. The van der Waals surface area contributed by atoms with Gasteiger partial charge in [0.1, 0.15) is 0 Å². The van der Waals surface area contributed by atoms with Crippen LogP contribution in [-0.2, 0) is 14.3 Å². The number of hydrogen-bond donors (Lipinski definition) is 1. The summed E-state index contributed by atoms with van der Waals surface area (Å²) >= 11 is 0. The second-order valence-electron chi connectivity index (χ2n) is 6.43. The molecule has 5 nitrogen and oxygen atoms in total. The molecule has 1 aliphatic heterocycles. The standard InChI is InChI=1S/C15H23NO4/c17-14(12-2-1-3-13(12)15(18)19)16(11-4-5-11)8-10-6-7-20-9-10/h10-13H,1-9H2,(H,18,19)/t10?,12-,13+/m1/s1. The van der Waals surface area contributed by atoms with Crippen LogP contribution in [0.4, 0.5) is 0 Å². The van der Waals surface area contributed by atoms with Crippen molar-refractivity contribution in [3.8, 4) is 0 Å². The molecule has 112 valence electrons. The zero-order valence-electron chi connectivity index (χ0n) is 11.8. The van der Waals surface area contributed by atoms with Crippen LogP contribution in [0.25, 0.3) is 0 Å². The third-order valence-corrected chi connectivity index (χ3v) is 4.90. The summed E-state index contributed by atoms with van der Waals surface area (Å²) in [6.45, 7) is 2.29. The second kappa shape index (κ2) is 5.72. The van der Waals surface area contributed by atoms with Gasteiger partial charge in [0.2, 0.25) is 5.91 Å². The lowest BCUT2D eigenvalue weighted by Gasteiger charge is -2.29. The lowest BCUT2D eigenvalue weighted by molar-refractivity contribution is -0.149. The third kappa shape index (κ3) is 2.82. The van der Waals surface area contributed by atoms with Crippen LogP contribution in [0.3, 0.4) is 0 Å². The number of carbonyl (C=O) groups excluding carboxylic acids is 1. The van der Waals surface area contributed by atoms with Crippen LogP contribution in [0.2, 0.25) is 0 Å². The molecule has 0 radical (unpaired) electrons. The molecule has 0 bridgehead atoms. The normalized spacial score (nSPS) is 33.3. The highest BCUT2D eigenvalue weighted by Gasteiger charge is 2.43. The minimum atomic E-state index is -0.805. The molecule has 0 aromatic rings. The molecule has 1 saturated heterocycles. The Morgan fingerprint density at radius 2 is 1.85 bits per heavy atom. The van der Waals surface area contributed by atoms with Crippen molar-refractivity contribution in [1.82, 2.24) is 4.90 Å². The lowest BCUT2D eigenvalue weighted by Crippen LogP contribution is -2.43. The van der Waals surface area contributed by atoms with Gasteiger partial charge in [0.15, 0.2) is 0 Å². The van der Waals surface area contributed by atoms with Crippen molar-refractivity contribution < 1.29 is 19.4 Å². The van der Waals surface area contributed by atoms with E-state index in [1.807, 2.05) is 4.90 Å². The van der Waals surface area contributed by atoms with E-state index in [0.29, 0.717) is 18.4 Å². The Hall–Kier alpha value is -1.10. The Bertz CT molecular complexity index is 387. The van der Waals surface area contributed by atoms with Gasteiger partial charge in [-0.2, -0.15) is 0 Å². The molecule has 0 aromatic heterocycles. The first kappa shape index (κ1) is 13.9. The molecule has 3 rings (SSSR count). The van der Waals surface area contributed by atoms with Crippen molar-refractivity contribution in [2.24, 2.45) is 17.8 Å². The number of carboxylic acid groups (broad SMARTS) is 1. The van der Waals surface area contributed by atoms with Gasteiger partial charge in [-0.25, -0.2) is 0 Å². The minimum absolute atomic E-state index is 0.0873. The second-order valence-corrected chi connectivity index (χ2v) is 6.43. The van der Waals surface area contributed by atoms with Gasteiger partial charge in [-0.1, -0.05) is 6.42 Å². The number of carbonyl (C=O) groups is 2. The molecule has 3 atom stereocenters. The predicted molar refractivity (Wildman–Crippen MR) is 72.1 cm³/mol. The Labute approximate surface area is 119 Å². The van der Waals surface area contributed by atoms with Crippen molar-refractivity contribution >= 4 is 11.9 Å². The number of carboxylic acids is 1. The highest BCUT2D eigenvalue weighted by molar-refractivity contribution is 5.85. The van der Waals surface area contributed by atoms with Crippen LogP contribution >= 0.6 is 0 Å². The van der Waals surface area contributed by atoms with E-state index in [4.69, 9.17) is 4.74 Å². The van der Waals surface area contributed by atoms with Gasteiger partial charge >= 0.3 is 5.97 Å². The molecule has 1 unspecified atom stereocenters. The summed E-state index contributed by atoms with van der Waals surface area (Å²) in [4.78, 5) is 26.0. The van der Waals surface area contributed by atoms with Crippen LogP contribution in [-0.4, -0.2) is 47.7 Å². The number of hydrogen-bond acceptors (Lipinski definition) is 3. The van der Waals surface area contributed by atoms with Gasteiger partial charge in [-0.15, -0.1) is 0 Å². The Kier molecular flexibility index (Phi) is 3.96. The zero-order chi connectivity index (χ0) is 14.1. The fourth-order valence-corrected chi connectivity index (χ4v) is 3.57. The van der Waals surface area contributed by atoms with E-state index in [0.717, 1.165) is 51.9 Å². The highest BCUT2D eigenvalue weighted by atomic mass is 16.5. The number of ether oxygens (including phenoxy) is 1. The monoisotopic (exact) mass is 281 g/mol. The Morgan fingerprint density at radius 1 is 1.10 bits per heavy atom. The summed E-state index contributed by atoms with van der Waals surface area (Å²) in [7, 11) is 0. The van der Waals surface area contributed by atoms with Gasteiger partial charge in [-0.05, 0) is 32.1 Å². The van der Waals surface area contributed by atoms with Crippen molar-refractivity contribution in [3.63, 3.8) is 0 Å². The topological polar surface area (TPSA) is 66.8 Å². The Balaban J connectivity index is 1.66. The van der Waals surface area contributed by atoms with Gasteiger partial charge in [0.25, 0.3) is 0 Å². The quantitative estimate of drug-likeness (QED) is 0.829. The summed E-state index contributed by atoms with van der Waals surface area (Å²) in [5.74, 6) is -1.05. The first-order chi connectivity index (χ1) is 9.66. The first-order valence-electron chi connectivity index (χ1n) is 7.78. The van der Waals surface area contributed by atoms with Crippen LogP contribution in [0.5, 0.6) is 0 Å². The zero-order valence-corrected chi connectivity index (χ0v) is 11.8. The molecule has 0 spiro atoms. The van der Waals surface area contributed by atoms with E-state index in [9.17, 15) is 14.7 Å². The van der Waals surface area contributed by atoms with E-state index in [2.05, 4.69) is 0 Å². The molecule has 20 heavy (non-hydrogen) atoms. The predicted octanol–water partition coefficient (Wildman–Crippen LogP) is 1.51. The fourth-order valence-electron chi connectivity index (χ4n) is 3.57. The maximum Gasteiger partial charge on any atom is 0.307 e. The molecule has 3 fully saturated rings. The van der Waals surface area contributed by atoms with E-state index >= 15 is 0 Å². The van der Waals surface area contributed by atoms with Crippen molar-refractivity contribution in [3.05, 3.63) is 0 Å². The molecule has 2 saturated carbocycles. The summed E-state index contributed by atoms with van der Waals surface area (Å²) in [5.41, 5.74) is 0. The van der Waals surface area contributed by atoms with Crippen molar-refractivity contribution in [2.75, 3.05) is 19.8 Å². The van der Waals surface area contributed by atoms with Crippen molar-refractivity contribution in [2.45, 2.75) is 44.6 Å². The van der Waals surface area contributed by atoms with Crippen LogP contribution in [0.1, 0.15) is 38.5 Å². The maximum absolute atomic E-state index is 12.8. The van der Waals surface area contributed by atoms with Crippen LogP contribution in [0.15, 0.2) is 0 Å². The van der Waals surface area contributed by atoms with Crippen LogP contribution < -0.4 is 0 Å². The highest BCUT2D eigenvalue weighted by Crippen LogP contribution is 2.37.